The molecule has 0 saturated carbocycles. The van der Waals surface area contributed by atoms with Gasteiger partial charge in [-0.2, -0.15) is 0 Å². The van der Waals surface area contributed by atoms with Crippen LogP contribution in [0.5, 0.6) is 0 Å². The molecule has 0 aromatic heterocycles. The third kappa shape index (κ3) is 4.87. The first kappa shape index (κ1) is 22.4. The van der Waals surface area contributed by atoms with Crippen molar-refractivity contribution in [1.29, 1.82) is 0 Å². The van der Waals surface area contributed by atoms with E-state index in [4.69, 9.17) is 0 Å². The van der Waals surface area contributed by atoms with E-state index < -0.39 is 9.84 Å². The van der Waals surface area contributed by atoms with E-state index in [-0.39, 0.29) is 34.1 Å². The summed E-state index contributed by atoms with van der Waals surface area (Å²) >= 11 is 1.44. The van der Waals surface area contributed by atoms with Crippen molar-refractivity contribution in [3.05, 3.63) is 48.0 Å². The molecule has 0 saturated heterocycles. The maximum absolute atomic E-state index is 12.8. The maximum Gasteiger partial charge on any atom is 0.237 e. The van der Waals surface area contributed by atoms with Crippen molar-refractivity contribution in [2.75, 3.05) is 22.5 Å². The van der Waals surface area contributed by atoms with Gasteiger partial charge in [-0.05, 0) is 56.2 Å². The number of carbonyl (C=O) groups is 2. The smallest absolute Gasteiger partial charge is 0.237 e. The first-order chi connectivity index (χ1) is 14.2. The molecule has 3 rings (SSSR count). The molecule has 2 aromatic rings. The number of rotatable bonds is 7. The van der Waals surface area contributed by atoms with Gasteiger partial charge in [0.2, 0.25) is 11.8 Å². The number of carbonyl (C=O) groups excluding carboxylic acids is 2. The molecule has 30 heavy (non-hydrogen) atoms. The lowest BCUT2D eigenvalue weighted by Gasteiger charge is -2.23. The van der Waals surface area contributed by atoms with Gasteiger partial charge in [0.25, 0.3) is 0 Å². The van der Waals surface area contributed by atoms with Gasteiger partial charge in [0.15, 0.2) is 9.84 Å². The quantitative estimate of drug-likeness (QED) is 0.694. The second-order valence-electron chi connectivity index (χ2n) is 7.21. The van der Waals surface area contributed by atoms with Crippen LogP contribution in [0.25, 0.3) is 0 Å². The van der Waals surface area contributed by atoms with Gasteiger partial charge in [0.1, 0.15) is 0 Å². The molecule has 0 radical (unpaired) electrons. The molecule has 160 valence electrons. The SMILES string of the molecule is CC[C@H]1Sc2ccc(S(=O)(=O)CCC(=O)N(CC)c3cccc(C)c3)cc2NC1=O. The van der Waals surface area contributed by atoms with Crippen LogP contribution in [0, 0.1) is 6.92 Å². The lowest BCUT2D eigenvalue weighted by Crippen LogP contribution is -2.32. The summed E-state index contributed by atoms with van der Waals surface area (Å²) in [5, 5.41) is 2.63. The van der Waals surface area contributed by atoms with Gasteiger partial charge in [0.05, 0.1) is 21.6 Å². The van der Waals surface area contributed by atoms with Crippen LogP contribution in [0.2, 0.25) is 0 Å². The minimum absolute atomic E-state index is 0.111. The monoisotopic (exact) mass is 446 g/mol. The summed E-state index contributed by atoms with van der Waals surface area (Å²) in [6, 6.07) is 12.3. The summed E-state index contributed by atoms with van der Waals surface area (Å²) < 4.78 is 25.7. The van der Waals surface area contributed by atoms with Crippen LogP contribution >= 0.6 is 11.8 Å². The summed E-state index contributed by atoms with van der Waals surface area (Å²) in [6.45, 7) is 6.21. The maximum atomic E-state index is 12.8. The van der Waals surface area contributed by atoms with Crippen LogP contribution in [0.3, 0.4) is 0 Å². The van der Waals surface area contributed by atoms with Gasteiger partial charge >= 0.3 is 0 Å². The molecule has 1 heterocycles. The van der Waals surface area contributed by atoms with Crippen LogP contribution in [0.1, 0.15) is 32.3 Å². The Labute approximate surface area is 182 Å². The third-order valence-electron chi connectivity index (χ3n) is 5.02. The fourth-order valence-electron chi connectivity index (χ4n) is 3.36. The molecule has 1 atom stereocenters. The average molecular weight is 447 g/mol. The molecular weight excluding hydrogens is 420 g/mol. The largest absolute Gasteiger partial charge is 0.324 e. The highest BCUT2D eigenvalue weighted by Gasteiger charge is 2.27. The van der Waals surface area contributed by atoms with Crippen LogP contribution < -0.4 is 10.2 Å². The summed E-state index contributed by atoms with van der Waals surface area (Å²) in [6.07, 6.45) is 0.590. The molecule has 8 heteroatoms. The molecule has 2 amide bonds. The summed E-state index contributed by atoms with van der Waals surface area (Å²) in [5.41, 5.74) is 2.31. The van der Waals surface area contributed by atoms with E-state index in [2.05, 4.69) is 5.32 Å². The predicted octanol–water partition coefficient (Wildman–Crippen LogP) is 4.03. The number of amides is 2. The molecule has 6 nitrogen and oxygen atoms in total. The van der Waals surface area contributed by atoms with E-state index in [9.17, 15) is 18.0 Å². The number of aryl methyl sites for hydroxylation is 1. The number of benzene rings is 2. The van der Waals surface area contributed by atoms with Gasteiger partial charge in [-0.3, -0.25) is 9.59 Å². The van der Waals surface area contributed by atoms with E-state index in [1.165, 1.54) is 17.8 Å². The van der Waals surface area contributed by atoms with Crippen molar-refractivity contribution in [3.8, 4) is 0 Å². The van der Waals surface area contributed by atoms with Gasteiger partial charge in [-0.15, -0.1) is 11.8 Å². The Hall–Kier alpha value is -2.32. The van der Waals surface area contributed by atoms with Crippen molar-refractivity contribution in [2.45, 2.75) is 48.7 Å². The Morgan fingerprint density at radius 1 is 1.17 bits per heavy atom. The Balaban J connectivity index is 1.73. The zero-order valence-corrected chi connectivity index (χ0v) is 19.0. The highest BCUT2D eigenvalue weighted by molar-refractivity contribution is 8.01. The van der Waals surface area contributed by atoms with Crippen molar-refractivity contribution < 1.29 is 18.0 Å². The fourth-order valence-corrected chi connectivity index (χ4v) is 5.64. The van der Waals surface area contributed by atoms with Gasteiger partial charge < -0.3 is 10.2 Å². The number of nitrogens with zero attached hydrogens (tertiary/aromatic N) is 1. The number of hydrogen-bond donors (Lipinski definition) is 1. The number of sulfone groups is 1. The normalized spacial score (nSPS) is 16.0. The number of nitrogens with one attached hydrogen (secondary N) is 1. The molecule has 0 aliphatic carbocycles. The van der Waals surface area contributed by atoms with E-state index >= 15 is 0 Å². The minimum Gasteiger partial charge on any atom is -0.324 e. The minimum atomic E-state index is -3.67. The Morgan fingerprint density at radius 2 is 1.93 bits per heavy atom. The highest BCUT2D eigenvalue weighted by atomic mass is 32.2. The van der Waals surface area contributed by atoms with Crippen molar-refractivity contribution in [3.63, 3.8) is 0 Å². The van der Waals surface area contributed by atoms with E-state index in [0.717, 1.165) is 16.1 Å². The predicted molar refractivity (Wildman–Crippen MR) is 121 cm³/mol. The molecule has 1 aliphatic heterocycles. The van der Waals surface area contributed by atoms with Crippen molar-refractivity contribution >= 4 is 44.8 Å². The molecule has 0 unspecified atom stereocenters. The molecular formula is C22H26N2O4S2. The Bertz CT molecular complexity index is 1070. The Kier molecular flexibility index (Phi) is 6.88. The Morgan fingerprint density at radius 3 is 2.60 bits per heavy atom. The van der Waals surface area contributed by atoms with Crippen LogP contribution in [-0.4, -0.2) is 37.8 Å². The first-order valence-electron chi connectivity index (χ1n) is 9.96. The molecule has 1 N–H and O–H groups in total. The summed E-state index contributed by atoms with van der Waals surface area (Å²) in [4.78, 5) is 27.4. The fraction of sp³-hybridized carbons (Fsp3) is 0.364. The van der Waals surface area contributed by atoms with E-state index in [1.54, 1.807) is 17.0 Å². The summed E-state index contributed by atoms with van der Waals surface area (Å²) in [5.74, 6) is -0.637. The standard InChI is InChI=1S/C22H26N2O4S2/c1-4-19-22(26)23-18-14-17(9-10-20(18)29-19)30(27,28)12-11-21(25)24(5-2)16-8-6-7-15(3)13-16/h6-10,13-14,19H,4-5,11-12H2,1-3H3,(H,23,26)/t19-/m1/s1. The lowest BCUT2D eigenvalue weighted by molar-refractivity contribution is -0.118. The lowest BCUT2D eigenvalue weighted by atomic mass is 10.2. The zero-order chi connectivity index (χ0) is 21.9. The number of fused-ring (bicyclic) bond motifs is 1. The van der Waals surface area contributed by atoms with Gasteiger partial charge in [0, 0.05) is 23.5 Å². The van der Waals surface area contributed by atoms with E-state index in [1.807, 2.05) is 45.0 Å². The number of anilines is 2. The highest BCUT2D eigenvalue weighted by Crippen LogP contribution is 2.38. The second kappa shape index (κ2) is 9.22. The average Bonchev–Trinajstić information content (AvgIpc) is 2.72. The number of hydrogen-bond acceptors (Lipinski definition) is 5. The van der Waals surface area contributed by atoms with Gasteiger partial charge in [-0.25, -0.2) is 8.42 Å². The van der Waals surface area contributed by atoms with Crippen molar-refractivity contribution in [2.24, 2.45) is 0 Å². The molecule has 0 spiro atoms. The van der Waals surface area contributed by atoms with Crippen LogP contribution in [0.4, 0.5) is 11.4 Å². The van der Waals surface area contributed by atoms with Gasteiger partial charge in [-0.1, -0.05) is 19.1 Å². The van der Waals surface area contributed by atoms with E-state index in [0.29, 0.717) is 18.7 Å². The second-order valence-corrected chi connectivity index (χ2v) is 10.6. The zero-order valence-electron chi connectivity index (χ0n) is 17.3. The number of thioether (sulfide) groups is 1. The third-order valence-corrected chi connectivity index (χ3v) is 8.17. The first-order valence-corrected chi connectivity index (χ1v) is 12.5. The van der Waals surface area contributed by atoms with Crippen LogP contribution in [0.15, 0.2) is 52.3 Å². The van der Waals surface area contributed by atoms with Crippen LogP contribution in [-0.2, 0) is 19.4 Å². The molecule has 0 fully saturated rings. The van der Waals surface area contributed by atoms with Crippen molar-refractivity contribution in [1.82, 2.24) is 0 Å². The molecule has 1 aliphatic rings. The topological polar surface area (TPSA) is 83.6 Å². The molecule has 0 bridgehead atoms. The summed E-state index contributed by atoms with van der Waals surface area (Å²) in [7, 11) is -3.67. The molecule has 2 aromatic carbocycles.